The van der Waals surface area contributed by atoms with Crippen LogP contribution in [0.4, 0.5) is 18.0 Å². The fraction of sp³-hybridized carbons (Fsp3) is 0.500. The minimum absolute atomic E-state index is 0.235. The molecule has 1 unspecified atom stereocenters. The predicted molar refractivity (Wildman–Crippen MR) is 71.1 cm³/mol. The van der Waals surface area contributed by atoms with E-state index in [1.165, 1.54) is 11.3 Å². The normalized spacial score (nSPS) is 12.8. The molecule has 0 fully saturated rings. The molecule has 2 N–H and O–H groups in total. The largest absolute Gasteiger partial charge is 0.480 e. The Kier molecular flexibility index (Phi) is 6.01. The molecule has 0 saturated heterocycles. The van der Waals surface area contributed by atoms with E-state index in [1.807, 2.05) is 0 Å². The molecule has 0 aromatic carbocycles. The number of urea groups is 1. The number of rotatable bonds is 6. The molecular weight excluding hydrogens is 309 g/mol. The lowest BCUT2D eigenvalue weighted by Crippen LogP contribution is -2.47. The summed E-state index contributed by atoms with van der Waals surface area (Å²) < 4.78 is 37.2. The van der Waals surface area contributed by atoms with Gasteiger partial charge < -0.3 is 15.3 Å². The third-order valence-corrected chi connectivity index (χ3v) is 3.56. The number of hydrogen-bond donors (Lipinski definition) is 2. The van der Waals surface area contributed by atoms with Gasteiger partial charge in [-0.25, -0.2) is 4.79 Å². The Morgan fingerprint density at radius 3 is 2.57 bits per heavy atom. The Hall–Kier alpha value is -1.77. The third-order valence-electron chi connectivity index (χ3n) is 2.58. The standard InChI is InChI=1S/C12H15F3N2O3S/c1-2-8(9-4-3-5-21-9)16-11(20)17(6-10(18)19)7-12(13,14)15/h3-5,8H,2,6-7H2,1H3,(H,16,20)(H,18,19). The number of thiophene rings is 1. The van der Waals surface area contributed by atoms with Crippen molar-refractivity contribution in [3.8, 4) is 0 Å². The Balaban J connectivity index is 2.77. The summed E-state index contributed by atoms with van der Waals surface area (Å²) in [6, 6.07) is 2.03. The van der Waals surface area contributed by atoms with Crippen molar-refractivity contribution in [2.75, 3.05) is 13.1 Å². The first-order chi connectivity index (χ1) is 9.73. The first-order valence-corrected chi connectivity index (χ1v) is 6.98. The molecule has 0 aliphatic rings. The van der Waals surface area contributed by atoms with Gasteiger partial charge in [-0.15, -0.1) is 11.3 Å². The molecule has 1 aromatic rings. The fourth-order valence-corrected chi connectivity index (χ4v) is 2.54. The molecule has 1 aromatic heterocycles. The number of alkyl halides is 3. The van der Waals surface area contributed by atoms with Crippen LogP contribution >= 0.6 is 11.3 Å². The smallest absolute Gasteiger partial charge is 0.406 e. The second kappa shape index (κ2) is 7.30. The summed E-state index contributed by atoms with van der Waals surface area (Å²) in [7, 11) is 0. The average Bonchev–Trinajstić information content (AvgIpc) is 2.86. The zero-order valence-corrected chi connectivity index (χ0v) is 12.0. The van der Waals surface area contributed by atoms with E-state index in [9.17, 15) is 22.8 Å². The number of hydrogen-bond acceptors (Lipinski definition) is 3. The van der Waals surface area contributed by atoms with Gasteiger partial charge in [0.25, 0.3) is 0 Å². The van der Waals surface area contributed by atoms with Gasteiger partial charge in [0.2, 0.25) is 0 Å². The molecule has 0 aliphatic heterocycles. The van der Waals surface area contributed by atoms with Crippen LogP contribution in [0.3, 0.4) is 0 Å². The maximum atomic E-state index is 12.4. The summed E-state index contributed by atoms with van der Waals surface area (Å²) in [6.45, 7) is -0.839. The lowest BCUT2D eigenvalue weighted by molar-refractivity contribution is -0.149. The van der Waals surface area contributed by atoms with E-state index in [0.29, 0.717) is 6.42 Å². The van der Waals surface area contributed by atoms with Crippen LogP contribution in [0.25, 0.3) is 0 Å². The quantitative estimate of drug-likeness (QED) is 0.845. The van der Waals surface area contributed by atoms with E-state index in [-0.39, 0.29) is 4.90 Å². The van der Waals surface area contributed by atoms with Gasteiger partial charge in [0.15, 0.2) is 0 Å². The lowest BCUT2D eigenvalue weighted by Gasteiger charge is -2.25. The number of nitrogens with zero attached hydrogens (tertiary/aromatic N) is 1. The van der Waals surface area contributed by atoms with Crippen molar-refractivity contribution in [1.82, 2.24) is 10.2 Å². The molecule has 0 saturated carbocycles. The van der Waals surface area contributed by atoms with Crippen molar-refractivity contribution in [2.45, 2.75) is 25.6 Å². The van der Waals surface area contributed by atoms with Gasteiger partial charge in [-0.2, -0.15) is 13.2 Å². The van der Waals surface area contributed by atoms with Crippen LogP contribution in [0.5, 0.6) is 0 Å². The van der Waals surface area contributed by atoms with Crippen LogP contribution in [0, 0.1) is 0 Å². The maximum Gasteiger partial charge on any atom is 0.406 e. The van der Waals surface area contributed by atoms with Crippen molar-refractivity contribution < 1.29 is 27.9 Å². The minimum Gasteiger partial charge on any atom is -0.480 e. The molecule has 5 nitrogen and oxygen atoms in total. The second-order valence-electron chi connectivity index (χ2n) is 4.29. The molecule has 0 aliphatic carbocycles. The monoisotopic (exact) mass is 324 g/mol. The van der Waals surface area contributed by atoms with E-state index < -0.39 is 37.3 Å². The van der Waals surface area contributed by atoms with E-state index in [2.05, 4.69) is 5.32 Å². The highest BCUT2D eigenvalue weighted by atomic mass is 32.1. The molecule has 1 atom stereocenters. The van der Waals surface area contributed by atoms with Crippen molar-refractivity contribution in [3.05, 3.63) is 22.4 Å². The molecule has 0 spiro atoms. The Morgan fingerprint density at radius 2 is 2.14 bits per heavy atom. The third kappa shape index (κ3) is 6.03. The van der Waals surface area contributed by atoms with E-state index in [4.69, 9.17) is 5.11 Å². The van der Waals surface area contributed by atoms with Gasteiger partial charge in [-0.05, 0) is 17.9 Å². The number of carboxylic acids is 1. The summed E-state index contributed by atoms with van der Waals surface area (Å²) in [5, 5.41) is 12.8. The molecule has 1 heterocycles. The molecular formula is C12H15F3N2O3S. The number of carboxylic acid groups (broad SMARTS) is 1. The molecule has 0 radical (unpaired) electrons. The van der Waals surface area contributed by atoms with Gasteiger partial charge in [0, 0.05) is 4.88 Å². The maximum absolute atomic E-state index is 12.4. The molecule has 9 heteroatoms. The van der Waals surface area contributed by atoms with Gasteiger partial charge >= 0.3 is 18.2 Å². The number of carbonyl (C=O) groups excluding carboxylic acids is 1. The predicted octanol–water partition coefficient (Wildman–Crippen LogP) is 2.86. The summed E-state index contributed by atoms with van der Waals surface area (Å²) in [5.41, 5.74) is 0. The number of nitrogens with one attached hydrogen (secondary N) is 1. The second-order valence-corrected chi connectivity index (χ2v) is 5.27. The van der Waals surface area contributed by atoms with Crippen LogP contribution in [0.2, 0.25) is 0 Å². The summed E-state index contributed by atoms with van der Waals surface area (Å²) in [5.74, 6) is -1.50. The van der Waals surface area contributed by atoms with E-state index >= 15 is 0 Å². The number of aliphatic carboxylic acids is 1. The van der Waals surface area contributed by atoms with Gasteiger partial charge in [0.1, 0.15) is 13.1 Å². The van der Waals surface area contributed by atoms with E-state index in [1.54, 1.807) is 24.4 Å². The first-order valence-electron chi connectivity index (χ1n) is 6.10. The number of carbonyl (C=O) groups is 2. The van der Waals surface area contributed by atoms with Gasteiger partial charge in [-0.1, -0.05) is 13.0 Å². The van der Waals surface area contributed by atoms with Crippen LogP contribution in [-0.4, -0.2) is 41.3 Å². The molecule has 0 bridgehead atoms. The Bertz CT molecular complexity index is 477. The van der Waals surface area contributed by atoms with Crippen molar-refractivity contribution in [1.29, 1.82) is 0 Å². The highest BCUT2D eigenvalue weighted by Gasteiger charge is 2.34. The highest BCUT2D eigenvalue weighted by Crippen LogP contribution is 2.22. The number of amides is 2. The number of halogens is 3. The Labute approximate surface area is 123 Å². The van der Waals surface area contributed by atoms with Gasteiger partial charge in [0.05, 0.1) is 6.04 Å². The van der Waals surface area contributed by atoms with Crippen LogP contribution in [-0.2, 0) is 4.79 Å². The van der Waals surface area contributed by atoms with Crippen LogP contribution in [0.1, 0.15) is 24.3 Å². The SMILES string of the molecule is CCC(NC(=O)N(CC(=O)O)CC(F)(F)F)c1cccs1. The van der Waals surface area contributed by atoms with E-state index in [0.717, 1.165) is 4.88 Å². The van der Waals surface area contributed by atoms with Crippen LogP contribution < -0.4 is 5.32 Å². The minimum atomic E-state index is -4.66. The molecule has 21 heavy (non-hydrogen) atoms. The van der Waals surface area contributed by atoms with Crippen molar-refractivity contribution >= 4 is 23.3 Å². The highest BCUT2D eigenvalue weighted by molar-refractivity contribution is 7.10. The summed E-state index contributed by atoms with van der Waals surface area (Å²) >= 11 is 1.36. The van der Waals surface area contributed by atoms with Crippen LogP contribution in [0.15, 0.2) is 17.5 Å². The average molecular weight is 324 g/mol. The molecule has 1 rings (SSSR count). The molecule has 2 amide bonds. The van der Waals surface area contributed by atoms with Gasteiger partial charge in [-0.3, -0.25) is 4.79 Å². The Morgan fingerprint density at radius 1 is 1.48 bits per heavy atom. The fourth-order valence-electron chi connectivity index (χ4n) is 1.68. The lowest BCUT2D eigenvalue weighted by atomic mass is 10.2. The van der Waals surface area contributed by atoms with Crippen molar-refractivity contribution in [2.24, 2.45) is 0 Å². The summed E-state index contributed by atoms with van der Waals surface area (Å²) in [4.78, 5) is 23.5. The van der Waals surface area contributed by atoms with Crippen molar-refractivity contribution in [3.63, 3.8) is 0 Å². The molecule has 118 valence electrons. The topological polar surface area (TPSA) is 69.6 Å². The zero-order valence-electron chi connectivity index (χ0n) is 11.2. The first kappa shape index (κ1) is 17.3. The zero-order chi connectivity index (χ0) is 16.0. The summed E-state index contributed by atoms with van der Waals surface area (Å²) in [6.07, 6.45) is -4.17.